The fourth-order valence-electron chi connectivity index (χ4n) is 3.25. The third-order valence-electron chi connectivity index (χ3n) is 4.46. The molecule has 1 N–H and O–H groups in total. The standard InChI is InChI=1S/C19H19NO3/c1-13-11-12-20(17(13)19(22)23)18(21)16-10-6-5-9-15(16)14-7-3-2-4-8-14/h2-10,13,17H,11-12H2,1H3,(H,22,23)/t13-,17+/m1/s1. The van der Waals surface area contributed by atoms with E-state index in [0.29, 0.717) is 12.1 Å². The first-order valence-electron chi connectivity index (χ1n) is 7.78. The van der Waals surface area contributed by atoms with Gasteiger partial charge in [-0.05, 0) is 29.5 Å². The topological polar surface area (TPSA) is 57.6 Å². The predicted molar refractivity (Wildman–Crippen MR) is 88.1 cm³/mol. The van der Waals surface area contributed by atoms with Gasteiger partial charge >= 0.3 is 5.97 Å². The number of likely N-dealkylation sites (tertiary alicyclic amines) is 1. The number of carboxylic acid groups (broad SMARTS) is 1. The quantitative estimate of drug-likeness (QED) is 0.946. The van der Waals surface area contributed by atoms with Gasteiger partial charge in [0, 0.05) is 12.1 Å². The first-order valence-corrected chi connectivity index (χ1v) is 7.78. The molecule has 1 heterocycles. The van der Waals surface area contributed by atoms with Gasteiger partial charge in [-0.25, -0.2) is 4.79 Å². The van der Waals surface area contributed by atoms with Crippen molar-refractivity contribution < 1.29 is 14.7 Å². The molecule has 0 unspecified atom stereocenters. The minimum Gasteiger partial charge on any atom is -0.480 e. The highest BCUT2D eigenvalue weighted by atomic mass is 16.4. The van der Waals surface area contributed by atoms with Crippen LogP contribution in [-0.2, 0) is 4.79 Å². The Morgan fingerprint density at radius 3 is 2.39 bits per heavy atom. The van der Waals surface area contributed by atoms with Crippen LogP contribution in [0.5, 0.6) is 0 Å². The number of rotatable bonds is 3. The van der Waals surface area contributed by atoms with Crippen molar-refractivity contribution in [2.75, 3.05) is 6.54 Å². The Morgan fingerprint density at radius 1 is 1.04 bits per heavy atom. The Morgan fingerprint density at radius 2 is 1.70 bits per heavy atom. The summed E-state index contributed by atoms with van der Waals surface area (Å²) in [5, 5.41) is 9.44. The van der Waals surface area contributed by atoms with Gasteiger partial charge in [-0.3, -0.25) is 4.79 Å². The van der Waals surface area contributed by atoms with Crippen molar-refractivity contribution in [3.63, 3.8) is 0 Å². The van der Waals surface area contributed by atoms with Crippen LogP contribution in [0.1, 0.15) is 23.7 Å². The summed E-state index contributed by atoms with van der Waals surface area (Å²) in [7, 11) is 0. The molecule has 0 radical (unpaired) electrons. The van der Waals surface area contributed by atoms with E-state index in [1.807, 2.05) is 55.5 Å². The van der Waals surface area contributed by atoms with Crippen molar-refractivity contribution >= 4 is 11.9 Å². The number of amides is 1. The number of carbonyl (C=O) groups is 2. The van der Waals surface area contributed by atoms with Crippen molar-refractivity contribution in [2.45, 2.75) is 19.4 Å². The van der Waals surface area contributed by atoms with Gasteiger partial charge in [0.25, 0.3) is 5.91 Å². The van der Waals surface area contributed by atoms with Gasteiger partial charge in [-0.1, -0.05) is 55.5 Å². The van der Waals surface area contributed by atoms with E-state index >= 15 is 0 Å². The molecule has 0 saturated carbocycles. The third-order valence-corrected chi connectivity index (χ3v) is 4.46. The monoisotopic (exact) mass is 309 g/mol. The highest BCUT2D eigenvalue weighted by molar-refractivity contribution is 6.02. The molecule has 1 saturated heterocycles. The summed E-state index contributed by atoms with van der Waals surface area (Å²) in [6, 6.07) is 16.3. The number of hydrogen-bond acceptors (Lipinski definition) is 2. The van der Waals surface area contributed by atoms with E-state index in [2.05, 4.69) is 0 Å². The van der Waals surface area contributed by atoms with E-state index in [0.717, 1.165) is 17.5 Å². The summed E-state index contributed by atoms with van der Waals surface area (Å²) in [5.41, 5.74) is 2.34. The van der Waals surface area contributed by atoms with Gasteiger partial charge in [-0.15, -0.1) is 0 Å². The van der Waals surface area contributed by atoms with Crippen LogP contribution in [0.25, 0.3) is 11.1 Å². The first kappa shape index (κ1) is 15.3. The van der Waals surface area contributed by atoms with Gasteiger partial charge in [0.05, 0.1) is 0 Å². The van der Waals surface area contributed by atoms with Gasteiger partial charge < -0.3 is 10.0 Å². The molecule has 0 spiro atoms. The molecule has 1 fully saturated rings. The van der Waals surface area contributed by atoms with Crippen LogP contribution in [0.3, 0.4) is 0 Å². The van der Waals surface area contributed by atoms with Crippen LogP contribution in [-0.4, -0.2) is 34.5 Å². The summed E-state index contributed by atoms with van der Waals surface area (Å²) in [4.78, 5) is 26.0. The summed E-state index contributed by atoms with van der Waals surface area (Å²) < 4.78 is 0. The van der Waals surface area contributed by atoms with E-state index in [-0.39, 0.29) is 11.8 Å². The van der Waals surface area contributed by atoms with Crippen LogP contribution >= 0.6 is 0 Å². The van der Waals surface area contributed by atoms with Crippen LogP contribution in [0, 0.1) is 5.92 Å². The zero-order valence-corrected chi connectivity index (χ0v) is 13.0. The van der Waals surface area contributed by atoms with Crippen molar-refractivity contribution in [2.24, 2.45) is 5.92 Å². The molecule has 0 aliphatic carbocycles. The zero-order valence-electron chi connectivity index (χ0n) is 13.0. The SMILES string of the molecule is C[C@@H]1CCN(C(=O)c2ccccc2-c2ccccc2)[C@@H]1C(=O)O. The minimum atomic E-state index is -0.930. The second-order valence-electron chi connectivity index (χ2n) is 5.96. The Hall–Kier alpha value is -2.62. The molecule has 2 atom stereocenters. The highest BCUT2D eigenvalue weighted by Gasteiger charge is 2.40. The lowest BCUT2D eigenvalue weighted by atomic mass is 9.98. The lowest BCUT2D eigenvalue weighted by Gasteiger charge is -2.24. The smallest absolute Gasteiger partial charge is 0.326 e. The summed E-state index contributed by atoms with van der Waals surface area (Å²) >= 11 is 0. The van der Waals surface area contributed by atoms with Crippen LogP contribution in [0.15, 0.2) is 54.6 Å². The predicted octanol–water partition coefficient (Wildman–Crippen LogP) is 3.29. The van der Waals surface area contributed by atoms with Crippen molar-refractivity contribution in [1.82, 2.24) is 4.90 Å². The average molecular weight is 309 g/mol. The number of aliphatic carboxylic acids is 1. The second-order valence-corrected chi connectivity index (χ2v) is 5.96. The number of benzene rings is 2. The molecule has 4 heteroatoms. The molecule has 3 rings (SSSR count). The third kappa shape index (κ3) is 2.84. The Kier molecular flexibility index (Phi) is 4.15. The summed E-state index contributed by atoms with van der Waals surface area (Å²) in [6.45, 7) is 2.37. The molecular weight excluding hydrogens is 290 g/mol. The van der Waals surface area contributed by atoms with Crippen molar-refractivity contribution in [1.29, 1.82) is 0 Å². The van der Waals surface area contributed by atoms with Crippen molar-refractivity contribution in [3.05, 3.63) is 60.2 Å². The molecule has 1 aliphatic heterocycles. The lowest BCUT2D eigenvalue weighted by Crippen LogP contribution is -2.42. The Balaban J connectivity index is 1.99. The van der Waals surface area contributed by atoms with Gasteiger partial charge in [0.1, 0.15) is 6.04 Å². The van der Waals surface area contributed by atoms with Crippen LogP contribution < -0.4 is 0 Å². The summed E-state index contributed by atoms with van der Waals surface area (Å²) in [6.07, 6.45) is 0.718. The molecule has 1 aliphatic rings. The van der Waals surface area contributed by atoms with Gasteiger partial charge in [0.15, 0.2) is 0 Å². The average Bonchev–Trinajstić information content (AvgIpc) is 2.97. The molecule has 118 valence electrons. The zero-order chi connectivity index (χ0) is 16.4. The normalized spacial score (nSPS) is 20.5. The maximum absolute atomic E-state index is 13.0. The molecule has 4 nitrogen and oxygen atoms in total. The number of carbonyl (C=O) groups excluding carboxylic acids is 1. The molecule has 0 bridgehead atoms. The summed E-state index contributed by atoms with van der Waals surface area (Å²) in [5.74, 6) is -1.16. The fraction of sp³-hybridized carbons (Fsp3) is 0.263. The van der Waals surface area contributed by atoms with Gasteiger partial charge in [0.2, 0.25) is 0 Å². The highest BCUT2D eigenvalue weighted by Crippen LogP contribution is 2.29. The first-order chi connectivity index (χ1) is 11.1. The van der Waals surface area contributed by atoms with E-state index in [9.17, 15) is 14.7 Å². The molecule has 23 heavy (non-hydrogen) atoms. The Bertz CT molecular complexity index is 726. The Labute approximate surface area is 135 Å². The van der Waals surface area contributed by atoms with E-state index in [4.69, 9.17) is 0 Å². The van der Waals surface area contributed by atoms with Gasteiger partial charge in [-0.2, -0.15) is 0 Å². The number of nitrogens with zero attached hydrogens (tertiary/aromatic N) is 1. The molecule has 1 amide bonds. The molecule has 2 aromatic rings. The maximum atomic E-state index is 13.0. The largest absolute Gasteiger partial charge is 0.480 e. The van der Waals surface area contributed by atoms with Crippen LogP contribution in [0.4, 0.5) is 0 Å². The number of carboxylic acids is 1. The minimum absolute atomic E-state index is 0.0275. The second kappa shape index (κ2) is 6.24. The lowest BCUT2D eigenvalue weighted by molar-refractivity contribution is -0.142. The van der Waals surface area contributed by atoms with E-state index in [1.165, 1.54) is 4.90 Å². The van der Waals surface area contributed by atoms with E-state index < -0.39 is 12.0 Å². The molecule has 2 aromatic carbocycles. The number of hydrogen-bond donors (Lipinski definition) is 1. The maximum Gasteiger partial charge on any atom is 0.326 e. The van der Waals surface area contributed by atoms with Crippen LogP contribution in [0.2, 0.25) is 0 Å². The van der Waals surface area contributed by atoms with Crippen molar-refractivity contribution in [3.8, 4) is 11.1 Å². The fourth-order valence-corrected chi connectivity index (χ4v) is 3.25. The molecule has 0 aromatic heterocycles. The van der Waals surface area contributed by atoms with E-state index in [1.54, 1.807) is 6.07 Å². The molecular formula is C19H19NO3.